The molecule has 0 bridgehead atoms. The second-order valence-corrected chi connectivity index (χ2v) is 6.89. The van der Waals surface area contributed by atoms with Crippen LogP contribution in [0.15, 0.2) is 47.5 Å². The third kappa shape index (κ3) is 8.38. The smallest absolute Gasteiger partial charge is 0.387 e. The first kappa shape index (κ1) is 27.8. The van der Waals surface area contributed by atoms with Crippen LogP contribution in [0, 0.1) is 5.82 Å². The molecule has 0 aliphatic carbocycles. The molecule has 0 radical (unpaired) electrons. The first-order valence-electron chi connectivity index (χ1n) is 9.91. The van der Waals surface area contributed by atoms with E-state index in [0.29, 0.717) is 24.7 Å². The molecule has 0 saturated heterocycles. The van der Waals surface area contributed by atoms with Crippen molar-refractivity contribution in [2.45, 2.75) is 26.1 Å². The van der Waals surface area contributed by atoms with Crippen LogP contribution >= 0.6 is 24.0 Å². The van der Waals surface area contributed by atoms with E-state index in [-0.39, 0.29) is 53.9 Å². The molecule has 2 N–H and O–H groups in total. The minimum Gasteiger partial charge on any atom is -0.490 e. The molecule has 0 saturated carbocycles. The van der Waals surface area contributed by atoms with Gasteiger partial charge in [0.05, 0.1) is 12.6 Å². The number of rotatable bonds is 10. The normalized spacial score (nSPS) is 12.3. The van der Waals surface area contributed by atoms with Gasteiger partial charge in [-0.1, -0.05) is 24.3 Å². The van der Waals surface area contributed by atoms with Crippen molar-refractivity contribution >= 4 is 29.9 Å². The standard InChI is InChI=1S/C22H29F3N4O2.HI/c1-5-30-19-8-6-7-16(20(19)31-21(24)25)13-27-22(26-2)28-14-18(29(3)4)15-9-11-17(23)12-10-15;/h6-12,18,21H,5,13-14H2,1-4H3,(H2,26,27,28);1H. The maximum absolute atomic E-state index is 13.2. The van der Waals surface area contributed by atoms with Gasteiger partial charge in [-0.25, -0.2) is 4.39 Å². The zero-order valence-electron chi connectivity index (χ0n) is 18.6. The summed E-state index contributed by atoms with van der Waals surface area (Å²) < 4.78 is 49.1. The van der Waals surface area contributed by atoms with Gasteiger partial charge in [-0.05, 0) is 44.8 Å². The molecule has 0 aliphatic heterocycles. The minimum atomic E-state index is -2.96. The molecule has 1 atom stereocenters. The summed E-state index contributed by atoms with van der Waals surface area (Å²) in [6, 6.07) is 11.3. The van der Waals surface area contributed by atoms with Crippen molar-refractivity contribution in [1.29, 1.82) is 0 Å². The highest BCUT2D eigenvalue weighted by Crippen LogP contribution is 2.32. The van der Waals surface area contributed by atoms with Crippen molar-refractivity contribution in [3.8, 4) is 11.5 Å². The van der Waals surface area contributed by atoms with Crippen LogP contribution in [0.25, 0.3) is 0 Å². The average molecular weight is 566 g/mol. The van der Waals surface area contributed by atoms with Crippen LogP contribution in [0.5, 0.6) is 11.5 Å². The molecular formula is C22H30F3IN4O2. The van der Waals surface area contributed by atoms with Crippen molar-refractivity contribution < 1.29 is 22.6 Å². The lowest BCUT2D eigenvalue weighted by atomic mass is 10.1. The van der Waals surface area contributed by atoms with E-state index >= 15 is 0 Å². The summed E-state index contributed by atoms with van der Waals surface area (Å²) >= 11 is 0. The van der Waals surface area contributed by atoms with Crippen LogP contribution in [0.2, 0.25) is 0 Å². The molecule has 6 nitrogen and oxygen atoms in total. The van der Waals surface area contributed by atoms with Crippen LogP contribution in [-0.4, -0.2) is 51.8 Å². The predicted molar refractivity (Wildman–Crippen MR) is 131 cm³/mol. The Balaban J connectivity index is 0.00000512. The Bertz CT molecular complexity index is 852. The van der Waals surface area contributed by atoms with E-state index < -0.39 is 6.61 Å². The molecule has 32 heavy (non-hydrogen) atoms. The summed E-state index contributed by atoms with van der Waals surface area (Å²) in [5, 5.41) is 6.32. The van der Waals surface area contributed by atoms with E-state index in [1.165, 1.54) is 12.1 Å². The number of nitrogens with zero attached hydrogens (tertiary/aromatic N) is 2. The van der Waals surface area contributed by atoms with Crippen molar-refractivity contribution in [2.75, 3.05) is 34.3 Å². The zero-order valence-corrected chi connectivity index (χ0v) is 20.9. The van der Waals surface area contributed by atoms with Crippen LogP contribution in [0.1, 0.15) is 24.1 Å². The monoisotopic (exact) mass is 566 g/mol. The molecule has 2 aromatic carbocycles. The highest BCUT2D eigenvalue weighted by molar-refractivity contribution is 14.0. The summed E-state index contributed by atoms with van der Waals surface area (Å²) in [6.07, 6.45) is 0. The lowest BCUT2D eigenvalue weighted by Crippen LogP contribution is -2.41. The van der Waals surface area contributed by atoms with E-state index in [0.717, 1.165) is 5.56 Å². The lowest BCUT2D eigenvalue weighted by molar-refractivity contribution is -0.0520. The van der Waals surface area contributed by atoms with Crippen LogP contribution in [0.4, 0.5) is 13.2 Å². The molecule has 178 valence electrons. The Morgan fingerprint density at radius 3 is 2.34 bits per heavy atom. The maximum Gasteiger partial charge on any atom is 0.387 e. The Morgan fingerprint density at radius 1 is 1.09 bits per heavy atom. The molecule has 0 fully saturated rings. The fourth-order valence-electron chi connectivity index (χ4n) is 3.07. The third-order valence-corrected chi connectivity index (χ3v) is 4.58. The van der Waals surface area contributed by atoms with Crippen molar-refractivity contribution in [2.24, 2.45) is 4.99 Å². The number of hydrogen-bond donors (Lipinski definition) is 2. The molecule has 1 unspecified atom stereocenters. The summed E-state index contributed by atoms with van der Waals surface area (Å²) in [6.45, 7) is -0.168. The van der Waals surface area contributed by atoms with Gasteiger partial charge >= 0.3 is 6.61 Å². The summed E-state index contributed by atoms with van der Waals surface area (Å²) in [7, 11) is 5.48. The van der Waals surface area contributed by atoms with Gasteiger partial charge in [0.1, 0.15) is 5.82 Å². The fourth-order valence-corrected chi connectivity index (χ4v) is 3.07. The molecule has 0 aliphatic rings. The number of para-hydroxylation sites is 1. The largest absolute Gasteiger partial charge is 0.490 e. The van der Waals surface area contributed by atoms with E-state index in [1.807, 2.05) is 19.0 Å². The van der Waals surface area contributed by atoms with E-state index in [1.54, 1.807) is 44.3 Å². The van der Waals surface area contributed by atoms with Crippen molar-refractivity contribution in [1.82, 2.24) is 15.5 Å². The average Bonchev–Trinajstić information content (AvgIpc) is 2.73. The lowest BCUT2D eigenvalue weighted by Gasteiger charge is -2.26. The summed E-state index contributed by atoms with van der Waals surface area (Å²) in [4.78, 5) is 6.19. The molecular weight excluding hydrogens is 536 g/mol. The number of likely N-dealkylation sites (N-methyl/N-ethyl adjacent to an activating group) is 1. The topological polar surface area (TPSA) is 58.1 Å². The van der Waals surface area contributed by atoms with Gasteiger partial charge in [0.15, 0.2) is 17.5 Å². The Labute approximate surface area is 204 Å². The Morgan fingerprint density at radius 2 is 1.78 bits per heavy atom. The SMILES string of the molecule is CCOc1cccc(CNC(=NC)NCC(c2ccc(F)cc2)N(C)C)c1OC(F)F.I. The van der Waals surface area contributed by atoms with Crippen molar-refractivity contribution in [3.05, 3.63) is 59.4 Å². The highest BCUT2D eigenvalue weighted by atomic mass is 127. The third-order valence-electron chi connectivity index (χ3n) is 4.58. The van der Waals surface area contributed by atoms with E-state index in [9.17, 15) is 13.2 Å². The van der Waals surface area contributed by atoms with Gasteiger partial charge in [-0.2, -0.15) is 8.78 Å². The Kier molecular flexibility index (Phi) is 12.2. The molecule has 0 aromatic heterocycles. The minimum absolute atomic E-state index is 0. The number of guanidine groups is 1. The van der Waals surface area contributed by atoms with Crippen LogP contribution in [-0.2, 0) is 6.54 Å². The number of hydrogen-bond acceptors (Lipinski definition) is 4. The first-order valence-corrected chi connectivity index (χ1v) is 9.91. The second kappa shape index (κ2) is 14.0. The van der Waals surface area contributed by atoms with Gasteiger partial charge in [0.25, 0.3) is 0 Å². The number of alkyl halides is 2. The van der Waals surface area contributed by atoms with Crippen LogP contribution < -0.4 is 20.1 Å². The number of halogens is 4. The second-order valence-electron chi connectivity index (χ2n) is 6.89. The molecule has 0 spiro atoms. The molecule has 2 aromatic rings. The molecule has 0 amide bonds. The maximum atomic E-state index is 13.2. The van der Waals surface area contributed by atoms with E-state index in [4.69, 9.17) is 9.47 Å². The molecule has 2 rings (SSSR count). The predicted octanol–water partition coefficient (Wildman–Crippen LogP) is 4.41. The molecule has 0 heterocycles. The zero-order chi connectivity index (χ0) is 22.8. The van der Waals surface area contributed by atoms with E-state index in [2.05, 4.69) is 15.6 Å². The number of nitrogens with one attached hydrogen (secondary N) is 2. The van der Waals surface area contributed by atoms with Gasteiger partial charge in [-0.15, -0.1) is 24.0 Å². The highest BCUT2D eigenvalue weighted by Gasteiger charge is 2.17. The number of benzene rings is 2. The van der Waals surface area contributed by atoms with Crippen molar-refractivity contribution in [3.63, 3.8) is 0 Å². The van der Waals surface area contributed by atoms with Gasteiger partial charge in [0, 0.05) is 25.7 Å². The summed E-state index contributed by atoms with van der Waals surface area (Å²) in [5.41, 5.74) is 1.46. The first-order chi connectivity index (χ1) is 14.8. The van der Waals surface area contributed by atoms with Gasteiger partial charge in [0.2, 0.25) is 0 Å². The molecule has 10 heteroatoms. The summed E-state index contributed by atoms with van der Waals surface area (Å²) in [5.74, 6) is 0.454. The fraction of sp³-hybridized carbons (Fsp3) is 0.409. The number of ether oxygens (including phenoxy) is 2. The van der Waals surface area contributed by atoms with Gasteiger partial charge in [-0.3, -0.25) is 4.99 Å². The quantitative estimate of drug-likeness (QED) is 0.254. The Hall–Kier alpha value is -2.21. The van der Waals surface area contributed by atoms with Gasteiger partial charge < -0.3 is 25.0 Å². The number of aliphatic imine (C=N–C) groups is 1. The van der Waals surface area contributed by atoms with Crippen LogP contribution in [0.3, 0.4) is 0 Å².